The Kier molecular flexibility index (Phi) is 8.11. The standard InChI is InChI=1S/C28H38N2O2/c1-21(27(32)29-25-12-8-9-13-25)30(20-23-10-6-5-7-11-23)26(31)19-16-22-14-17-24(18-15-22)28(2,3)4/h5-7,10-11,14-15,17-18,21,25H,8-9,12-13,16,19-20H2,1-4H3,(H,29,32)/t21-/m1/s1. The second-order valence-corrected chi connectivity index (χ2v) is 10.1. The lowest BCUT2D eigenvalue weighted by Gasteiger charge is -2.30. The van der Waals surface area contributed by atoms with Gasteiger partial charge in [0.1, 0.15) is 6.04 Å². The quantitative estimate of drug-likeness (QED) is 0.605. The number of amides is 2. The summed E-state index contributed by atoms with van der Waals surface area (Å²) < 4.78 is 0. The molecule has 4 nitrogen and oxygen atoms in total. The molecular weight excluding hydrogens is 396 g/mol. The molecule has 3 rings (SSSR count). The molecule has 172 valence electrons. The molecule has 1 aliphatic carbocycles. The zero-order chi connectivity index (χ0) is 23.1. The van der Waals surface area contributed by atoms with Crippen molar-refractivity contribution in [2.75, 3.05) is 0 Å². The van der Waals surface area contributed by atoms with Gasteiger partial charge in [0.25, 0.3) is 0 Å². The molecule has 2 aromatic rings. The Balaban J connectivity index is 1.67. The SMILES string of the molecule is C[C@H](C(=O)NC1CCCC1)N(Cc1ccccc1)C(=O)CCc1ccc(C(C)(C)C)cc1. The zero-order valence-corrected chi connectivity index (χ0v) is 20.1. The summed E-state index contributed by atoms with van der Waals surface area (Å²) >= 11 is 0. The molecule has 0 aliphatic heterocycles. The van der Waals surface area contributed by atoms with Crippen LogP contribution in [0.2, 0.25) is 0 Å². The lowest BCUT2D eigenvalue weighted by molar-refractivity contribution is -0.140. The van der Waals surface area contributed by atoms with Gasteiger partial charge in [-0.3, -0.25) is 9.59 Å². The predicted molar refractivity (Wildman–Crippen MR) is 130 cm³/mol. The summed E-state index contributed by atoms with van der Waals surface area (Å²) in [5.74, 6) is -0.0291. The minimum absolute atomic E-state index is 0.0165. The third-order valence-electron chi connectivity index (χ3n) is 6.51. The molecule has 32 heavy (non-hydrogen) atoms. The number of nitrogens with zero attached hydrogens (tertiary/aromatic N) is 1. The average Bonchev–Trinajstić information content (AvgIpc) is 3.28. The molecule has 0 radical (unpaired) electrons. The van der Waals surface area contributed by atoms with Crippen molar-refractivity contribution in [2.45, 2.75) is 90.3 Å². The lowest BCUT2D eigenvalue weighted by Crippen LogP contribution is -2.49. The van der Waals surface area contributed by atoms with Crippen LogP contribution in [0.3, 0.4) is 0 Å². The van der Waals surface area contributed by atoms with E-state index in [0.717, 1.165) is 24.0 Å². The average molecular weight is 435 g/mol. The van der Waals surface area contributed by atoms with Crippen LogP contribution in [-0.2, 0) is 28.0 Å². The summed E-state index contributed by atoms with van der Waals surface area (Å²) in [5, 5.41) is 3.16. The van der Waals surface area contributed by atoms with E-state index in [-0.39, 0.29) is 23.3 Å². The van der Waals surface area contributed by atoms with E-state index in [0.29, 0.717) is 19.4 Å². The third kappa shape index (κ3) is 6.69. The number of benzene rings is 2. The first-order valence-corrected chi connectivity index (χ1v) is 12.0. The number of rotatable bonds is 8. The maximum atomic E-state index is 13.3. The van der Waals surface area contributed by atoms with Crippen LogP contribution in [0.15, 0.2) is 54.6 Å². The minimum atomic E-state index is -0.494. The van der Waals surface area contributed by atoms with Gasteiger partial charge in [0.2, 0.25) is 11.8 Å². The maximum Gasteiger partial charge on any atom is 0.242 e. The number of hydrogen-bond acceptors (Lipinski definition) is 2. The van der Waals surface area contributed by atoms with Gasteiger partial charge < -0.3 is 10.2 Å². The Hall–Kier alpha value is -2.62. The van der Waals surface area contributed by atoms with Gasteiger partial charge in [0.05, 0.1) is 0 Å². The second-order valence-electron chi connectivity index (χ2n) is 10.1. The third-order valence-corrected chi connectivity index (χ3v) is 6.51. The van der Waals surface area contributed by atoms with E-state index in [2.05, 4.69) is 50.4 Å². The van der Waals surface area contributed by atoms with Crippen LogP contribution >= 0.6 is 0 Å². The van der Waals surface area contributed by atoms with Gasteiger partial charge in [-0.2, -0.15) is 0 Å². The first kappa shape index (κ1) is 24.0. The summed E-state index contributed by atoms with van der Waals surface area (Å²) in [6.07, 6.45) is 5.47. The molecule has 1 saturated carbocycles. The van der Waals surface area contributed by atoms with Gasteiger partial charge in [-0.25, -0.2) is 0 Å². The van der Waals surface area contributed by atoms with Crippen LogP contribution in [-0.4, -0.2) is 28.8 Å². The van der Waals surface area contributed by atoms with Gasteiger partial charge in [0.15, 0.2) is 0 Å². The van der Waals surface area contributed by atoms with Crippen LogP contribution in [0.4, 0.5) is 0 Å². The van der Waals surface area contributed by atoms with E-state index in [9.17, 15) is 9.59 Å². The Bertz CT molecular complexity index is 878. The van der Waals surface area contributed by atoms with E-state index in [4.69, 9.17) is 0 Å². The van der Waals surface area contributed by atoms with E-state index in [1.807, 2.05) is 37.3 Å². The summed E-state index contributed by atoms with van der Waals surface area (Å²) in [6.45, 7) is 8.89. The molecule has 1 aliphatic rings. The van der Waals surface area contributed by atoms with Gasteiger partial charge in [0, 0.05) is 19.0 Å². The fraction of sp³-hybridized carbons (Fsp3) is 0.500. The molecule has 0 saturated heterocycles. The van der Waals surface area contributed by atoms with Gasteiger partial charge >= 0.3 is 0 Å². The van der Waals surface area contributed by atoms with E-state index >= 15 is 0 Å². The molecule has 1 fully saturated rings. The highest BCUT2D eigenvalue weighted by atomic mass is 16.2. The zero-order valence-electron chi connectivity index (χ0n) is 20.1. The first-order chi connectivity index (χ1) is 15.2. The van der Waals surface area contributed by atoms with Crippen molar-refractivity contribution in [1.29, 1.82) is 0 Å². The first-order valence-electron chi connectivity index (χ1n) is 12.0. The molecule has 1 N–H and O–H groups in total. The Labute approximate surface area is 193 Å². The number of carbonyl (C=O) groups is 2. The highest BCUT2D eigenvalue weighted by Crippen LogP contribution is 2.23. The van der Waals surface area contributed by atoms with Crippen molar-refractivity contribution in [3.8, 4) is 0 Å². The highest BCUT2D eigenvalue weighted by Gasteiger charge is 2.28. The Morgan fingerprint density at radius 2 is 1.59 bits per heavy atom. The monoisotopic (exact) mass is 434 g/mol. The van der Waals surface area contributed by atoms with Crippen molar-refractivity contribution in [3.63, 3.8) is 0 Å². The summed E-state index contributed by atoms with van der Waals surface area (Å²) in [5.41, 5.74) is 3.59. The number of nitrogens with one attached hydrogen (secondary N) is 1. The highest BCUT2D eigenvalue weighted by molar-refractivity contribution is 5.87. The molecule has 2 aromatic carbocycles. The van der Waals surface area contributed by atoms with Gasteiger partial charge in [-0.1, -0.05) is 88.2 Å². The normalized spacial score (nSPS) is 15.4. The Morgan fingerprint density at radius 1 is 0.969 bits per heavy atom. The smallest absolute Gasteiger partial charge is 0.242 e. The molecule has 0 aromatic heterocycles. The molecule has 1 atom stereocenters. The maximum absolute atomic E-state index is 13.3. The van der Waals surface area contributed by atoms with Gasteiger partial charge in [-0.05, 0) is 48.3 Å². The predicted octanol–water partition coefficient (Wildman–Crippen LogP) is 5.39. The van der Waals surface area contributed by atoms with Crippen molar-refractivity contribution in [3.05, 3.63) is 71.3 Å². The van der Waals surface area contributed by atoms with Crippen LogP contribution in [0.1, 0.15) is 76.5 Å². The molecular formula is C28H38N2O2. The largest absolute Gasteiger partial charge is 0.352 e. The number of hydrogen-bond donors (Lipinski definition) is 1. The number of carbonyl (C=O) groups excluding carboxylic acids is 2. The number of aryl methyl sites for hydroxylation is 1. The molecule has 0 bridgehead atoms. The second kappa shape index (κ2) is 10.8. The van der Waals surface area contributed by atoms with Crippen molar-refractivity contribution >= 4 is 11.8 Å². The molecule has 2 amide bonds. The van der Waals surface area contributed by atoms with Crippen molar-refractivity contribution < 1.29 is 9.59 Å². The fourth-order valence-corrected chi connectivity index (χ4v) is 4.32. The summed E-state index contributed by atoms with van der Waals surface area (Å²) in [7, 11) is 0. The minimum Gasteiger partial charge on any atom is -0.352 e. The van der Waals surface area contributed by atoms with Crippen molar-refractivity contribution in [1.82, 2.24) is 10.2 Å². The van der Waals surface area contributed by atoms with E-state index in [1.165, 1.54) is 18.4 Å². The molecule has 0 spiro atoms. The Morgan fingerprint density at radius 3 is 2.19 bits per heavy atom. The van der Waals surface area contributed by atoms with Crippen LogP contribution in [0, 0.1) is 0 Å². The molecule has 0 unspecified atom stereocenters. The van der Waals surface area contributed by atoms with Crippen LogP contribution in [0.25, 0.3) is 0 Å². The van der Waals surface area contributed by atoms with Crippen molar-refractivity contribution in [2.24, 2.45) is 0 Å². The van der Waals surface area contributed by atoms with E-state index in [1.54, 1.807) is 4.90 Å². The molecule has 0 heterocycles. The van der Waals surface area contributed by atoms with Crippen LogP contribution < -0.4 is 5.32 Å². The summed E-state index contributed by atoms with van der Waals surface area (Å²) in [4.78, 5) is 28.0. The molecule has 4 heteroatoms. The lowest BCUT2D eigenvalue weighted by atomic mass is 9.86. The van der Waals surface area contributed by atoms with Crippen LogP contribution in [0.5, 0.6) is 0 Å². The fourth-order valence-electron chi connectivity index (χ4n) is 4.32. The topological polar surface area (TPSA) is 49.4 Å². The van der Waals surface area contributed by atoms with Gasteiger partial charge in [-0.15, -0.1) is 0 Å². The summed E-state index contributed by atoms with van der Waals surface area (Å²) in [6, 6.07) is 18.2. The van der Waals surface area contributed by atoms with E-state index < -0.39 is 6.04 Å².